The average molecular weight is 863 g/mol. The highest BCUT2D eigenvalue weighted by Crippen LogP contribution is 2.23. The molecule has 2 aromatic carbocycles. The van der Waals surface area contributed by atoms with Crippen LogP contribution in [0.25, 0.3) is 31.5 Å². The van der Waals surface area contributed by atoms with E-state index in [2.05, 4.69) is 44.9 Å². The number of nitrogens with two attached hydrogens (primary N) is 3. The molecule has 0 aliphatic heterocycles. The van der Waals surface area contributed by atoms with E-state index in [0.717, 1.165) is 72.3 Å². The predicted octanol–water partition coefficient (Wildman–Crippen LogP) is 8.50. The summed E-state index contributed by atoms with van der Waals surface area (Å²) in [7, 11) is 0. The third-order valence-electron chi connectivity index (χ3n) is 10.4. The minimum Gasteiger partial charge on any atom is -0.478 e. The summed E-state index contributed by atoms with van der Waals surface area (Å²) >= 11 is 0. The number of aromatic nitrogens is 6. The van der Waals surface area contributed by atoms with E-state index in [9.17, 15) is 9.59 Å². The molecule has 0 radical (unpaired) electrons. The van der Waals surface area contributed by atoms with Crippen LogP contribution in [-0.4, -0.2) is 46.9 Å². The van der Waals surface area contributed by atoms with Gasteiger partial charge < -0.3 is 27.6 Å². The van der Waals surface area contributed by atoms with E-state index >= 15 is 0 Å². The Kier molecular flexibility index (Phi) is 14.8. The molecular weight excluding hydrogens is 817 g/mol. The molecule has 0 bridgehead atoms. The van der Waals surface area contributed by atoms with Gasteiger partial charge in [0.2, 0.25) is 11.4 Å². The molecule has 8 N–H and O–H groups in total. The van der Waals surface area contributed by atoms with Crippen LogP contribution in [-0.2, 0) is 25.9 Å². The van der Waals surface area contributed by atoms with Crippen molar-refractivity contribution in [1.82, 2.24) is 35.2 Å². The molecule has 0 saturated carbocycles. The maximum absolute atomic E-state index is 12.7. The number of rotatable bonds is 9. The summed E-state index contributed by atoms with van der Waals surface area (Å²) in [6.45, 7) is 22.9. The minimum atomic E-state index is -0.965. The first-order chi connectivity index (χ1) is 31.2. The van der Waals surface area contributed by atoms with E-state index in [1.54, 1.807) is 48.9 Å². The Morgan fingerprint density at radius 2 is 1.11 bits per heavy atom. The van der Waals surface area contributed by atoms with Gasteiger partial charge in [-0.05, 0) is 133 Å². The van der Waals surface area contributed by atoms with Gasteiger partial charge in [0.1, 0.15) is 11.6 Å². The second-order valence-corrected chi connectivity index (χ2v) is 15.1. The number of amides is 1. The molecule has 8 rings (SSSR count). The molecule has 15 nitrogen and oxygen atoms in total. The van der Waals surface area contributed by atoms with E-state index in [1.165, 1.54) is 12.3 Å². The molecular formula is C50H46N12O3. The number of aromatic carboxylic acids is 1. The highest BCUT2D eigenvalue weighted by molar-refractivity contribution is 5.94. The number of carbonyl (C=O) groups is 2. The van der Waals surface area contributed by atoms with Crippen molar-refractivity contribution >= 4 is 56.7 Å². The largest absolute Gasteiger partial charge is 0.478 e. The van der Waals surface area contributed by atoms with Crippen molar-refractivity contribution in [3.63, 3.8) is 0 Å². The minimum absolute atomic E-state index is 0.173. The van der Waals surface area contributed by atoms with Gasteiger partial charge in [-0.25, -0.2) is 24.5 Å². The number of fused-ring (bicyclic) bond motifs is 2. The van der Waals surface area contributed by atoms with E-state index in [0.29, 0.717) is 60.2 Å². The van der Waals surface area contributed by atoms with Gasteiger partial charge >= 0.3 is 5.97 Å². The summed E-state index contributed by atoms with van der Waals surface area (Å²) in [5, 5.41) is 13.8. The average Bonchev–Trinajstić information content (AvgIpc) is 3.28. The van der Waals surface area contributed by atoms with Crippen molar-refractivity contribution in [3.05, 3.63) is 200 Å². The number of anilines is 2. The van der Waals surface area contributed by atoms with Crippen molar-refractivity contribution < 1.29 is 14.7 Å². The van der Waals surface area contributed by atoms with E-state index in [-0.39, 0.29) is 11.5 Å². The monoisotopic (exact) mass is 862 g/mol. The van der Waals surface area contributed by atoms with E-state index < -0.39 is 5.97 Å². The Morgan fingerprint density at radius 3 is 1.57 bits per heavy atom. The molecule has 15 heteroatoms. The van der Waals surface area contributed by atoms with Crippen molar-refractivity contribution in [3.8, 4) is 0 Å². The number of carboxylic acid groups (broad SMARTS) is 1. The zero-order valence-corrected chi connectivity index (χ0v) is 36.3. The van der Waals surface area contributed by atoms with Gasteiger partial charge in [0, 0.05) is 79.1 Å². The van der Waals surface area contributed by atoms with E-state index in [1.807, 2.05) is 76.2 Å². The highest BCUT2D eigenvalue weighted by atomic mass is 16.4. The fourth-order valence-corrected chi connectivity index (χ4v) is 7.15. The zero-order chi connectivity index (χ0) is 46.6. The number of hydrogen-bond acceptors (Lipinski definition) is 11. The summed E-state index contributed by atoms with van der Waals surface area (Å²) in [4.78, 5) is 56.1. The fraction of sp³-hybridized carbons (Fsp3) is 0.160. The van der Waals surface area contributed by atoms with Crippen LogP contribution in [0.15, 0.2) is 110 Å². The summed E-state index contributed by atoms with van der Waals surface area (Å²) in [6.07, 6.45) is 7.36. The molecule has 0 aliphatic rings. The number of nitrogens with one attached hydrogen (secondary N) is 1. The third-order valence-corrected chi connectivity index (χ3v) is 10.4. The van der Waals surface area contributed by atoms with Crippen molar-refractivity contribution in [1.29, 1.82) is 0 Å². The van der Waals surface area contributed by atoms with Gasteiger partial charge in [-0.15, -0.1) is 0 Å². The van der Waals surface area contributed by atoms with Crippen molar-refractivity contribution in [2.75, 3.05) is 11.5 Å². The van der Waals surface area contributed by atoms with Crippen LogP contribution in [0, 0.1) is 40.8 Å². The molecule has 65 heavy (non-hydrogen) atoms. The first-order valence-electron chi connectivity index (χ1n) is 20.3. The van der Waals surface area contributed by atoms with Crippen LogP contribution in [0.2, 0.25) is 0 Å². The number of nitrogens with zero attached hydrogens (tertiary/aromatic N) is 8. The van der Waals surface area contributed by atoms with Gasteiger partial charge in [0.25, 0.3) is 5.91 Å². The first kappa shape index (κ1) is 45.9. The topological polar surface area (TPSA) is 231 Å². The van der Waals surface area contributed by atoms with E-state index in [4.69, 9.17) is 35.5 Å². The Labute approximate surface area is 376 Å². The number of carbonyl (C=O) groups excluding carboxylic acids is 1. The second kappa shape index (κ2) is 20.9. The molecule has 6 aromatic heterocycles. The quantitative estimate of drug-likeness (QED) is 0.0860. The fourth-order valence-electron chi connectivity index (χ4n) is 7.15. The molecule has 0 unspecified atom stereocenters. The molecule has 0 saturated heterocycles. The Morgan fingerprint density at radius 1 is 0.631 bits per heavy atom. The molecule has 324 valence electrons. The van der Waals surface area contributed by atoms with Gasteiger partial charge in [-0.2, -0.15) is 0 Å². The van der Waals surface area contributed by atoms with Gasteiger partial charge in [0.15, 0.2) is 0 Å². The summed E-state index contributed by atoms with van der Waals surface area (Å²) in [5.41, 5.74) is 29.7. The lowest BCUT2D eigenvalue weighted by Crippen LogP contribution is -2.24. The molecule has 1 amide bonds. The van der Waals surface area contributed by atoms with Gasteiger partial charge in [-0.3, -0.25) is 24.7 Å². The van der Waals surface area contributed by atoms with Crippen LogP contribution < -0.4 is 22.5 Å². The van der Waals surface area contributed by atoms with Crippen LogP contribution in [0.1, 0.15) is 76.9 Å². The predicted molar refractivity (Wildman–Crippen MR) is 252 cm³/mol. The first-order valence-corrected chi connectivity index (χ1v) is 20.3. The SMILES string of the molecule is Cc1cc(N)nc(C)c1CN.[C-]#[N+]c1cnc2ccc(Cc3cc(C(=O)NCc4c(C)cc(N)nc4C)ccn3)cc2c1.[C-]#[N+]c1cnc2ccc(Cc3cc(C(=O)O)ccn3)cc2c1. The van der Waals surface area contributed by atoms with Gasteiger partial charge in [-0.1, -0.05) is 24.3 Å². The number of nitrogen functional groups attached to an aromatic ring is 2. The molecule has 0 atom stereocenters. The maximum atomic E-state index is 12.7. The number of hydrogen-bond donors (Lipinski definition) is 5. The third kappa shape index (κ3) is 12.0. The number of carboxylic acids is 1. The Hall–Kier alpha value is -8.66. The smallest absolute Gasteiger partial charge is 0.335 e. The van der Waals surface area contributed by atoms with Crippen molar-refractivity contribution in [2.24, 2.45) is 5.73 Å². The van der Waals surface area contributed by atoms with Crippen LogP contribution in [0.4, 0.5) is 23.0 Å². The van der Waals surface area contributed by atoms with Crippen LogP contribution in [0.5, 0.6) is 0 Å². The summed E-state index contributed by atoms with van der Waals surface area (Å²) in [5.74, 6) is -0.0948. The number of aryl methyl sites for hydroxylation is 4. The number of pyridine rings is 6. The number of benzene rings is 2. The molecule has 8 aromatic rings. The van der Waals surface area contributed by atoms with Gasteiger partial charge in [0.05, 0.1) is 29.7 Å². The van der Waals surface area contributed by atoms with Crippen LogP contribution in [0.3, 0.4) is 0 Å². The Balaban J connectivity index is 0.000000182. The maximum Gasteiger partial charge on any atom is 0.335 e. The lowest BCUT2D eigenvalue weighted by atomic mass is 10.0. The standard InChI is InChI=1S/C25H22N6O.C17H11N3O2.C8H13N3/c1-15-8-24(26)31-16(2)22(15)14-30-25(32)18-6-7-28-20(11-18)10-17-4-5-23-19(9-17)12-21(27-3)13-29-23;1-18-15-9-13-6-11(2-3-16(13)20-10-15)7-14-8-12(17(21)22)4-5-19-14;1-5-3-8(10)11-6(2)7(5)4-9/h4-9,11-13H,10,14H2,1-2H3,(H2,26,31)(H,30,32);2-6,8-10H,7H2,(H,21,22);3H,4,9H2,1-2H3,(H2,10,11). The zero-order valence-electron chi connectivity index (χ0n) is 36.3. The summed E-state index contributed by atoms with van der Waals surface area (Å²) in [6, 6.07) is 25.5. The van der Waals surface area contributed by atoms with Crippen LogP contribution >= 0.6 is 0 Å². The molecule has 0 aliphatic carbocycles. The molecule has 0 fully saturated rings. The molecule has 6 heterocycles. The normalized spacial score (nSPS) is 10.4. The lowest BCUT2D eigenvalue weighted by molar-refractivity contribution is 0.0696. The van der Waals surface area contributed by atoms with Crippen molar-refractivity contribution in [2.45, 2.75) is 53.6 Å². The second-order valence-electron chi connectivity index (χ2n) is 15.1. The summed E-state index contributed by atoms with van der Waals surface area (Å²) < 4.78 is 0. The highest BCUT2D eigenvalue weighted by Gasteiger charge is 2.12. The Bertz CT molecular complexity index is 3110. The molecule has 0 spiro atoms. The lowest BCUT2D eigenvalue weighted by Gasteiger charge is -2.12.